The van der Waals surface area contributed by atoms with Crippen LogP contribution in [0, 0.1) is 5.92 Å². The van der Waals surface area contributed by atoms with Gasteiger partial charge >= 0.3 is 0 Å². The molecule has 0 aromatic rings. The molecule has 3 nitrogen and oxygen atoms in total. The molecule has 1 unspecified atom stereocenters. The summed E-state index contributed by atoms with van der Waals surface area (Å²) >= 11 is 0. The Bertz CT molecular complexity index is 174. The van der Waals surface area contributed by atoms with Gasteiger partial charge in [0, 0.05) is 13.0 Å². The van der Waals surface area contributed by atoms with Crippen LogP contribution in [0.4, 0.5) is 0 Å². The zero-order chi connectivity index (χ0) is 9.52. The molecule has 0 bridgehead atoms. The van der Waals surface area contributed by atoms with E-state index in [4.69, 9.17) is 0 Å². The van der Waals surface area contributed by atoms with Gasteiger partial charge in [-0.1, -0.05) is 6.08 Å². The topological polar surface area (TPSA) is 41.1 Å². The molecule has 0 radical (unpaired) electrons. The summed E-state index contributed by atoms with van der Waals surface area (Å²) in [5, 5.41) is 6.07. The van der Waals surface area contributed by atoms with Crippen molar-refractivity contribution in [3.05, 3.63) is 12.7 Å². The predicted molar refractivity (Wildman–Crippen MR) is 53.4 cm³/mol. The van der Waals surface area contributed by atoms with Gasteiger partial charge in [0.2, 0.25) is 5.91 Å². The average molecular weight is 182 g/mol. The van der Waals surface area contributed by atoms with Gasteiger partial charge in [-0.3, -0.25) is 4.79 Å². The standard InChI is InChI=1S/C10H18N2O/c1-2-6-12-10(13)4-3-9-5-7-11-8-9/h2,9,11H,1,3-8H2,(H,12,13). The molecule has 1 saturated heterocycles. The van der Waals surface area contributed by atoms with Gasteiger partial charge < -0.3 is 10.6 Å². The van der Waals surface area contributed by atoms with Gasteiger partial charge in [-0.15, -0.1) is 6.58 Å². The summed E-state index contributed by atoms with van der Waals surface area (Å²) in [6.07, 6.45) is 4.58. The number of carbonyl (C=O) groups excluding carboxylic acids is 1. The number of rotatable bonds is 5. The van der Waals surface area contributed by atoms with Crippen molar-refractivity contribution in [3.8, 4) is 0 Å². The van der Waals surface area contributed by atoms with Crippen molar-refractivity contribution in [2.75, 3.05) is 19.6 Å². The highest BCUT2D eigenvalue weighted by Crippen LogP contribution is 2.13. The van der Waals surface area contributed by atoms with E-state index < -0.39 is 0 Å². The van der Waals surface area contributed by atoms with E-state index in [1.54, 1.807) is 6.08 Å². The summed E-state index contributed by atoms with van der Waals surface area (Å²) in [6, 6.07) is 0. The molecule has 74 valence electrons. The fourth-order valence-electron chi connectivity index (χ4n) is 1.57. The Hall–Kier alpha value is -0.830. The van der Waals surface area contributed by atoms with Crippen molar-refractivity contribution in [2.45, 2.75) is 19.3 Å². The smallest absolute Gasteiger partial charge is 0.220 e. The van der Waals surface area contributed by atoms with Crippen molar-refractivity contribution >= 4 is 5.91 Å². The number of nitrogens with one attached hydrogen (secondary N) is 2. The lowest BCUT2D eigenvalue weighted by Crippen LogP contribution is -2.23. The summed E-state index contributed by atoms with van der Waals surface area (Å²) in [5.41, 5.74) is 0. The molecule has 13 heavy (non-hydrogen) atoms. The minimum atomic E-state index is 0.145. The molecule has 0 aromatic heterocycles. The van der Waals surface area contributed by atoms with Gasteiger partial charge in [0.05, 0.1) is 0 Å². The van der Waals surface area contributed by atoms with Crippen LogP contribution in [0.25, 0.3) is 0 Å². The fraction of sp³-hybridized carbons (Fsp3) is 0.700. The summed E-state index contributed by atoms with van der Waals surface area (Å²) in [6.45, 7) is 6.32. The summed E-state index contributed by atoms with van der Waals surface area (Å²) in [4.78, 5) is 11.2. The molecule has 1 aliphatic heterocycles. The third kappa shape index (κ3) is 4.08. The second-order valence-corrected chi connectivity index (χ2v) is 3.49. The first kappa shape index (κ1) is 10.3. The molecular formula is C10H18N2O. The fourth-order valence-corrected chi connectivity index (χ4v) is 1.57. The quantitative estimate of drug-likeness (QED) is 0.614. The van der Waals surface area contributed by atoms with E-state index in [1.165, 1.54) is 6.42 Å². The monoisotopic (exact) mass is 182 g/mol. The second kappa shape index (κ2) is 5.75. The van der Waals surface area contributed by atoms with Gasteiger partial charge in [-0.05, 0) is 31.8 Å². The Balaban J connectivity index is 2.03. The third-order valence-corrected chi connectivity index (χ3v) is 2.39. The normalized spacial score (nSPS) is 21.4. The van der Waals surface area contributed by atoms with E-state index in [0.29, 0.717) is 18.9 Å². The number of amides is 1. The van der Waals surface area contributed by atoms with Crippen LogP contribution in [-0.4, -0.2) is 25.5 Å². The molecule has 1 heterocycles. The van der Waals surface area contributed by atoms with Crippen molar-refractivity contribution in [1.29, 1.82) is 0 Å². The number of hydrogen-bond donors (Lipinski definition) is 2. The minimum Gasteiger partial charge on any atom is -0.353 e. The highest BCUT2D eigenvalue weighted by Gasteiger charge is 2.15. The molecule has 1 aliphatic rings. The predicted octanol–water partition coefficient (Wildman–Crippen LogP) is 0.678. The molecule has 0 spiro atoms. The van der Waals surface area contributed by atoms with E-state index >= 15 is 0 Å². The molecular weight excluding hydrogens is 164 g/mol. The van der Waals surface area contributed by atoms with Crippen LogP contribution in [-0.2, 0) is 4.79 Å². The molecule has 0 aliphatic carbocycles. The van der Waals surface area contributed by atoms with Crippen LogP contribution in [0.3, 0.4) is 0 Å². The Labute approximate surface area is 79.6 Å². The Morgan fingerprint density at radius 2 is 2.54 bits per heavy atom. The highest BCUT2D eigenvalue weighted by atomic mass is 16.1. The minimum absolute atomic E-state index is 0.145. The Morgan fingerprint density at radius 1 is 1.69 bits per heavy atom. The van der Waals surface area contributed by atoms with E-state index in [9.17, 15) is 4.79 Å². The van der Waals surface area contributed by atoms with Gasteiger partial charge in [-0.25, -0.2) is 0 Å². The number of hydrogen-bond acceptors (Lipinski definition) is 2. The van der Waals surface area contributed by atoms with Crippen LogP contribution in [0.5, 0.6) is 0 Å². The molecule has 1 rings (SSSR count). The van der Waals surface area contributed by atoms with Crippen molar-refractivity contribution in [2.24, 2.45) is 5.92 Å². The summed E-state index contributed by atoms with van der Waals surface area (Å²) in [7, 11) is 0. The maximum atomic E-state index is 11.2. The Kier molecular flexibility index (Phi) is 4.54. The van der Waals surface area contributed by atoms with E-state index in [-0.39, 0.29) is 5.91 Å². The summed E-state index contributed by atoms with van der Waals surface area (Å²) < 4.78 is 0. The van der Waals surface area contributed by atoms with Crippen molar-refractivity contribution in [1.82, 2.24) is 10.6 Å². The van der Waals surface area contributed by atoms with E-state index in [0.717, 1.165) is 19.5 Å². The van der Waals surface area contributed by atoms with Crippen LogP contribution in [0.1, 0.15) is 19.3 Å². The number of carbonyl (C=O) groups is 1. The lowest BCUT2D eigenvalue weighted by molar-refractivity contribution is -0.121. The molecule has 2 N–H and O–H groups in total. The van der Waals surface area contributed by atoms with Crippen LogP contribution in [0.2, 0.25) is 0 Å². The van der Waals surface area contributed by atoms with Gasteiger partial charge in [0.15, 0.2) is 0 Å². The highest BCUT2D eigenvalue weighted by molar-refractivity contribution is 5.75. The molecule has 0 aromatic carbocycles. The van der Waals surface area contributed by atoms with Gasteiger partial charge in [0.25, 0.3) is 0 Å². The lowest BCUT2D eigenvalue weighted by Gasteiger charge is -2.07. The van der Waals surface area contributed by atoms with Crippen LogP contribution in [0.15, 0.2) is 12.7 Å². The molecule has 1 fully saturated rings. The molecule has 0 saturated carbocycles. The second-order valence-electron chi connectivity index (χ2n) is 3.49. The third-order valence-electron chi connectivity index (χ3n) is 2.39. The van der Waals surface area contributed by atoms with E-state index in [1.807, 2.05) is 0 Å². The average Bonchev–Trinajstić information content (AvgIpc) is 2.64. The lowest BCUT2D eigenvalue weighted by atomic mass is 10.0. The first-order chi connectivity index (χ1) is 6.33. The molecule has 1 atom stereocenters. The first-order valence-electron chi connectivity index (χ1n) is 4.91. The molecule has 1 amide bonds. The largest absolute Gasteiger partial charge is 0.353 e. The van der Waals surface area contributed by atoms with E-state index in [2.05, 4.69) is 17.2 Å². The van der Waals surface area contributed by atoms with Crippen LogP contribution < -0.4 is 10.6 Å². The molecule has 3 heteroatoms. The van der Waals surface area contributed by atoms with Crippen molar-refractivity contribution in [3.63, 3.8) is 0 Å². The zero-order valence-corrected chi connectivity index (χ0v) is 8.01. The first-order valence-corrected chi connectivity index (χ1v) is 4.91. The SMILES string of the molecule is C=CCNC(=O)CCC1CCNC1. The maximum Gasteiger partial charge on any atom is 0.220 e. The zero-order valence-electron chi connectivity index (χ0n) is 8.01. The maximum absolute atomic E-state index is 11.2. The summed E-state index contributed by atoms with van der Waals surface area (Å²) in [5.74, 6) is 0.848. The van der Waals surface area contributed by atoms with Crippen molar-refractivity contribution < 1.29 is 4.79 Å². The van der Waals surface area contributed by atoms with Crippen LogP contribution >= 0.6 is 0 Å². The van der Waals surface area contributed by atoms with Gasteiger partial charge in [-0.2, -0.15) is 0 Å². The van der Waals surface area contributed by atoms with Gasteiger partial charge in [0.1, 0.15) is 0 Å². The Morgan fingerprint density at radius 3 is 3.15 bits per heavy atom.